The molecule has 2 aromatic heterocycles. The largest absolute Gasteiger partial charge is 0.489 e. The molecule has 0 amide bonds. The molecule has 4 atom stereocenters. The number of fused-ring (bicyclic) bond motifs is 5. The van der Waals surface area contributed by atoms with Crippen LogP contribution >= 0.6 is 22.9 Å². The minimum Gasteiger partial charge on any atom is -0.489 e. The molecule has 0 radical (unpaired) electrons. The second-order valence-electron chi connectivity index (χ2n) is 12.8. The first-order valence-corrected chi connectivity index (χ1v) is 17.2. The number of thiophene rings is 1. The van der Waals surface area contributed by atoms with Crippen molar-refractivity contribution in [2.24, 2.45) is 0 Å². The molecule has 9 nitrogen and oxygen atoms in total. The van der Waals surface area contributed by atoms with Gasteiger partial charge in [0, 0.05) is 36.1 Å². The van der Waals surface area contributed by atoms with Crippen molar-refractivity contribution in [3.05, 3.63) is 34.4 Å². The number of nitrogen functional groups attached to an aromatic ring is 1. The van der Waals surface area contributed by atoms with Crippen molar-refractivity contribution in [1.29, 1.82) is 5.26 Å². The van der Waals surface area contributed by atoms with Crippen molar-refractivity contribution in [1.82, 2.24) is 19.8 Å². The Morgan fingerprint density at radius 1 is 1.07 bits per heavy atom. The molecular weight excluding hydrogens is 632 g/mol. The van der Waals surface area contributed by atoms with E-state index in [9.17, 15) is 9.65 Å². The molecule has 4 aliphatic rings. The Morgan fingerprint density at radius 2 is 1.93 bits per heavy atom. The van der Waals surface area contributed by atoms with E-state index >= 15 is 4.39 Å². The van der Waals surface area contributed by atoms with E-state index in [2.05, 4.69) is 27.8 Å². The average Bonchev–Trinajstić information content (AvgIpc) is 3.74. The number of nitriles is 1. The number of nitrogens with zero attached hydrogens (tertiary/aromatic N) is 6. The van der Waals surface area contributed by atoms with Gasteiger partial charge in [0.05, 0.1) is 27.2 Å². The molecule has 4 unspecified atom stereocenters. The normalized spacial score (nSPS) is 25.1. The number of benzene rings is 2. The van der Waals surface area contributed by atoms with Gasteiger partial charge >= 0.3 is 6.01 Å². The molecular formula is C33H34ClF2N7O2S. The number of nitrogens with two attached hydrogens (primary N) is 1. The van der Waals surface area contributed by atoms with Crippen LogP contribution in [0.25, 0.3) is 32.1 Å². The van der Waals surface area contributed by atoms with Gasteiger partial charge in [-0.15, -0.1) is 11.3 Å². The smallest absolute Gasteiger partial charge is 0.319 e. The maximum Gasteiger partial charge on any atom is 0.319 e. The third-order valence-electron chi connectivity index (χ3n) is 10.2. The second-order valence-corrected chi connectivity index (χ2v) is 14.2. The number of anilines is 2. The fourth-order valence-corrected chi connectivity index (χ4v) is 9.19. The van der Waals surface area contributed by atoms with Gasteiger partial charge in [-0.3, -0.25) is 4.90 Å². The average molecular weight is 666 g/mol. The summed E-state index contributed by atoms with van der Waals surface area (Å²) < 4.78 is 45.3. The SMILES string of the molecule is CN1CCCC1C1CCCCN2CCC(C2)N2CCOc3c(Cl)c(-c4ccc(F)c5sc(N)c(C#N)c45)c(F)c4nc(nc2c34)O1. The monoisotopic (exact) mass is 665 g/mol. The molecule has 2 fully saturated rings. The Labute approximate surface area is 274 Å². The number of rotatable bonds is 2. The van der Waals surface area contributed by atoms with Gasteiger partial charge in [0.2, 0.25) is 0 Å². The number of aromatic nitrogens is 2. The summed E-state index contributed by atoms with van der Waals surface area (Å²) in [4.78, 5) is 16.8. The van der Waals surface area contributed by atoms with Crippen molar-refractivity contribution in [3.8, 4) is 29.0 Å². The Hall–Kier alpha value is -3.50. The van der Waals surface area contributed by atoms with Gasteiger partial charge in [0.15, 0.2) is 11.6 Å². The highest BCUT2D eigenvalue weighted by Gasteiger charge is 2.37. The van der Waals surface area contributed by atoms with Crippen LogP contribution in [0.2, 0.25) is 5.02 Å². The van der Waals surface area contributed by atoms with Gasteiger partial charge in [-0.2, -0.15) is 15.2 Å². The van der Waals surface area contributed by atoms with Crippen LogP contribution in [0.4, 0.5) is 19.6 Å². The number of hydrogen-bond donors (Lipinski definition) is 1. The Kier molecular flexibility index (Phi) is 7.55. The minimum absolute atomic E-state index is 0.0170. The summed E-state index contributed by atoms with van der Waals surface area (Å²) in [7, 11) is 2.12. The van der Waals surface area contributed by atoms with Crippen LogP contribution in [0.5, 0.6) is 11.8 Å². The molecule has 2 aromatic carbocycles. The van der Waals surface area contributed by atoms with Crippen LogP contribution in [0.3, 0.4) is 0 Å². The molecule has 0 aliphatic carbocycles. The zero-order valence-corrected chi connectivity index (χ0v) is 27.1. The third kappa shape index (κ3) is 4.74. The van der Waals surface area contributed by atoms with Crippen LogP contribution in [-0.2, 0) is 0 Å². The first-order chi connectivity index (χ1) is 22.3. The van der Waals surface area contributed by atoms with Crippen molar-refractivity contribution in [3.63, 3.8) is 0 Å². The highest BCUT2D eigenvalue weighted by atomic mass is 35.5. The van der Waals surface area contributed by atoms with Gasteiger partial charge in [0.25, 0.3) is 0 Å². The van der Waals surface area contributed by atoms with Crippen molar-refractivity contribution < 1.29 is 18.3 Å². The summed E-state index contributed by atoms with van der Waals surface area (Å²) in [5.41, 5.74) is 6.44. The number of likely N-dealkylation sites (tertiary alicyclic amines) is 1. The molecule has 0 spiro atoms. The zero-order valence-electron chi connectivity index (χ0n) is 25.5. The molecule has 4 aliphatic heterocycles. The van der Waals surface area contributed by atoms with Crippen LogP contribution < -0.4 is 20.1 Å². The summed E-state index contributed by atoms with van der Waals surface area (Å²) in [5, 5.41) is 10.7. The predicted octanol–water partition coefficient (Wildman–Crippen LogP) is 6.20. The van der Waals surface area contributed by atoms with Gasteiger partial charge in [-0.25, -0.2) is 8.78 Å². The lowest BCUT2D eigenvalue weighted by molar-refractivity contribution is 0.0880. The maximum atomic E-state index is 17.2. The summed E-state index contributed by atoms with van der Waals surface area (Å²) in [6.45, 7) is 4.72. The molecule has 4 aromatic rings. The lowest BCUT2D eigenvalue weighted by Gasteiger charge is -2.31. The highest BCUT2D eigenvalue weighted by Crippen LogP contribution is 2.51. The fourth-order valence-electron chi connectivity index (χ4n) is 7.91. The zero-order chi connectivity index (χ0) is 31.7. The summed E-state index contributed by atoms with van der Waals surface area (Å²) in [6.07, 6.45) is 5.84. The number of hydrogen-bond acceptors (Lipinski definition) is 10. The molecule has 46 heavy (non-hydrogen) atoms. The molecule has 0 saturated carbocycles. The first kappa shape index (κ1) is 29.9. The van der Waals surface area contributed by atoms with Crippen molar-refractivity contribution in [2.75, 3.05) is 57.0 Å². The quantitative estimate of drug-likeness (QED) is 0.268. The van der Waals surface area contributed by atoms with Gasteiger partial charge < -0.3 is 25.0 Å². The van der Waals surface area contributed by atoms with E-state index in [0.29, 0.717) is 24.4 Å². The first-order valence-electron chi connectivity index (χ1n) is 16.0. The molecule has 240 valence electrons. The minimum atomic E-state index is -0.712. The predicted molar refractivity (Wildman–Crippen MR) is 176 cm³/mol. The molecule has 4 bridgehead atoms. The van der Waals surface area contributed by atoms with E-state index in [0.717, 1.165) is 76.0 Å². The van der Waals surface area contributed by atoms with Crippen molar-refractivity contribution in [2.45, 2.75) is 56.7 Å². The number of likely N-dealkylation sites (N-methyl/N-ethyl adjacent to an activating group) is 1. The summed E-state index contributed by atoms with van der Waals surface area (Å²) in [5.74, 6) is -0.449. The fraction of sp³-hybridized carbons (Fsp3) is 0.485. The second kappa shape index (κ2) is 11.6. The van der Waals surface area contributed by atoms with E-state index in [1.165, 1.54) is 12.1 Å². The van der Waals surface area contributed by atoms with E-state index in [1.807, 2.05) is 0 Å². The number of halogens is 3. The standard InChI is InChI=1S/C33H34ClF2N7O2S/c1-41-10-4-5-21(41)22-6-2-3-11-42-12-9-17(16-42)43-13-14-44-29-25-28(39-33(45-22)40-32(25)43)27(36)24(26(29)34)18-7-8-20(35)30-23(18)19(15-37)31(38)46-30/h7-8,17,21-22H,2-6,9-14,16,38H2,1H3. The summed E-state index contributed by atoms with van der Waals surface area (Å²) >= 11 is 8.02. The topological polar surface area (TPSA) is 104 Å². The molecule has 2 saturated heterocycles. The van der Waals surface area contributed by atoms with E-state index in [-0.39, 0.29) is 72.3 Å². The van der Waals surface area contributed by atoms with E-state index < -0.39 is 11.6 Å². The molecule has 6 heterocycles. The van der Waals surface area contributed by atoms with Crippen LogP contribution in [0.15, 0.2) is 12.1 Å². The van der Waals surface area contributed by atoms with Gasteiger partial charge in [-0.05, 0) is 70.3 Å². The third-order valence-corrected chi connectivity index (χ3v) is 11.5. The van der Waals surface area contributed by atoms with Gasteiger partial charge in [-0.1, -0.05) is 17.7 Å². The molecule has 8 rings (SSSR count). The van der Waals surface area contributed by atoms with Gasteiger partial charge in [0.1, 0.15) is 40.9 Å². The van der Waals surface area contributed by atoms with E-state index in [1.54, 1.807) is 0 Å². The Bertz CT molecular complexity index is 1920. The molecule has 13 heteroatoms. The van der Waals surface area contributed by atoms with Crippen LogP contribution in [0.1, 0.15) is 44.1 Å². The Balaban J connectivity index is 1.38. The maximum absolute atomic E-state index is 17.2. The van der Waals surface area contributed by atoms with Crippen LogP contribution in [-0.4, -0.2) is 84.3 Å². The molecule has 2 N–H and O–H groups in total. The summed E-state index contributed by atoms with van der Waals surface area (Å²) in [6, 6.07) is 5.23. The lowest BCUT2D eigenvalue weighted by Crippen LogP contribution is -2.41. The Morgan fingerprint density at radius 3 is 2.74 bits per heavy atom. The lowest BCUT2D eigenvalue weighted by atomic mass is 9.96. The van der Waals surface area contributed by atoms with Crippen molar-refractivity contribution >= 4 is 54.7 Å². The number of ether oxygens (including phenoxy) is 2. The van der Waals surface area contributed by atoms with E-state index in [4.69, 9.17) is 36.8 Å². The van der Waals surface area contributed by atoms with Crippen LogP contribution in [0, 0.1) is 23.0 Å². The highest BCUT2D eigenvalue weighted by molar-refractivity contribution is 7.23.